The summed E-state index contributed by atoms with van der Waals surface area (Å²) in [6.07, 6.45) is -6.77. The zero-order valence-corrected chi connectivity index (χ0v) is 30.9. The summed E-state index contributed by atoms with van der Waals surface area (Å²) < 4.78 is 60.0. The van der Waals surface area contributed by atoms with Crippen LogP contribution in [0.2, 0.25) is 0 Å². The van der Waals surface area contributed by atoms with E-state index in [-0.39, 0.29) is 24.8 Å². The molecule has 5 saturated heterocycles. The second-order valence-corrected chi connectivity index (χ2v) is 16.4. The molecule has 3 saturated carbocycles. The Morgan fingerprint density at radius 1 is 0.906 bits per heavy atom. The van der Waals surface area contributed by atoms with E-state index in [1.165, 1.54) is 14.0 Å². The fourth-order valence-corrected chi connectivity index (χ4v) is 12.7. The number of aliphatic hydroxyl groups excluding tert-OH is 1. The Labute approximate surface area is 305 Å². The highest BCUT2D eigenvalue weighted by atomic mass is 16.8. The molecule has 294 valence electrons. The van der Waals surface area contributed by atoms with E-state index in [1.807, 2.05) is 0 Å². The molecule has 0 aromatic heterocycles. The Kier molecular flexibility index (Phi) is 8.01. The molecule has 17 nitrogen and oxygen atoms in total. The van der Waals surface area contributed by atoms with E-state index in [9.17, 15) is 34.5 Å². The molecule has 1 spiro atoms. The number of hydrogen-bond acceptors (Lipinski definition) is 17. The normalized spacial score (nSPS) is 54.2. The molecule has 3 N–H and O–H groups in total. The van der Waals surface area contributed by atoms with Gasteiger partial charge < -0.3 is 62.7 Å². The van der Waals surface area contributed by atoms with Gasteiger partial charge in [-0.1, -0.05) is 13.0 Å². The van der Waals surface area contributed by atoms with Crippen LogP contribution < -0.4 is 0 Å². The maximum atomic E-state index is 14.2. The molecule has 8 rings (SSSR count). The van der Waals surface area contributed by atoms with Crippen LogP contribution in [0.25, 0.3) is 0 Å². The number of esters is 4. The first-order chi connectivity index (χ1) is 24.9. The van der Waals surface area contributed by atoms with Crippen LogP contribution in [0.1, 0.15) is 53.9 Å². The monoisotopic (exact) mass is 752 g/mol. The van der Waals surface area contributed by atoms with Crippen molar-refractivity contribution in [1.29, 1.82) is 0 Å². The van der Waals surface area contributed by atoms with E-state index in [0.717, 1.165) is 14.2 Å². The molecule has 8 aliphatic rings. The lowest BCUT2D eigenvalue weighted by molar-refractivity contribution is -0.321. The summed E-state index contributed by atoms with van der Waals surface area (Å²) >= 11 is 0. The predicted octanol–water partition coefficient (Wildman–Crippen LogP) is -0.354. The zero-order valence-electron chi connectivity index (χ0n) is 30.9. The van der Waals surface area contributed by atoms with Crippen molar-refractivity contribution in [3.8, 4) is 0 Å². The fraction of sp³-hybridized carbons (Fsp3) is 0.833. The maximum Gasteiger partial charge on any atom is 0.366 e. The summed E-state index contributed by atoms with van der Waals surface area (Å²) in [5.74, 6) is -9.82. The Hall–Kier alpha value is -2.74. The van der Waals surface area contributed by atoms with Gasteiger partial charge in [-0.05, 0) is 27.2 Å². The minimum absolute atomic E-state index is 0.0672. The van der Waals surface area contributed by atoms with Crippen molar-refractivity contribution in [1.82, 2.24) is 0 Å². The van der Waals surface area contributed by atoms with E-state index in [2.05, 4.69) is 0 Å². The molecule has 5 heterocycles. The quantitative estimate of drug-likeness (QED) is 0.131. The number of rotatable bonds is 7. The highest BCUT2D eigenvalue weighted by molar-refractivity contribution is 5.88. The van der Waals surface area contributed by atoms with Crippen molar-refractivity contribution < 1.29 is 81.9 Å². The predicted molar refractivity (Wildman–Crippen MR) is 171 cm³/mol. The summed E-state index contributed by atoms with van der Waals surface area (Å²) in [4.78, 5) is 54.6. The van der Waals surface area contributed by atoms with Crippen molar-refractivity contribution >= 4 is 23.9 Å². The van der Waals surface area contributed by atoms with Crippen LogP contribution in [0.5, 0.6) is 0 Å². The van der Waals surface area contributed by atoms with Gasteiger partial charge in [-0.15, -0.1) is 0 Å². The van der Waals surface area contributed by atoms with Gasteiger partial charge in [0.1, 0.15) is 34.4 Å². The van der Waals surface area contributed by atoms with Crippen LogP contribution in [0.4, 0.5) is 0 Å². The Bertz CT molecular complexity index is 1670. The highest BCUT2D eigenvalue weighted by Crippen LogP contribution is 2.83. The van der Waals surface area contributed by atoms with E-state index < -0.39 is 137 Å². The molecule has 17 atom stereocenters. The summed E-state index contributed by atoms with van der Waals surface area (Å²) in [5, 5.41) is 37.9. The van der Waals surface area contributed by atoms with Crippen molar-refractivity contribution in [2.24, 2.45) is 34.0 Å². The van der Waals surface area contributed by atoms with Crippen molar-refractivity contribution in [3.63, 3.8) is 0 Å². The molecule has 2 bridgehead atoms. The van der Waals surface area contributed by atoms with E-state index in [4.69, 9.17) is 47.4 Å². The molecule has 0 aromatic carbocycles. The van der Waals surface area contributed by atoms with Gasteiger partial charge in [-0.2, -0.15) is 0 Å². The van der Waals surface area contributed by atoms with Crippen LogP contribution >= 0.6 is 0 Å². The number of carbonyl (C=O) groups is 4. The van der Waals surface area contributed by atoms with Gasteiger partial charge in [-0.25, -0.2) is 9.59 Å². The third kappa shape index (κ3) is 4.03. The minimum Gasteiger partial charge on any atom is -0.468 e. The average molecular weight is 753 g/mol. The van der Waals surface area contributed by atoms with Crippen LogP contribution in [-0.4, -0.2) is 139 Å². The smallest absolute Gasteiger partial charge is 0.366 e. The van der Waals surface area contributed by atoms with Crippen LogP contribution in [0.3, 0.4) is 0 Å². The Morgan fingerprint density at radius 3 is 2.23 bits per heavy atom. The molecule has 0 unspecified atom stereocenters. The number of methoxy groups -OCH3 is 3. The molecule has 5 aliphatic heterocycles. The number of carbonyl (C=O) groups excluding carboxylic acids is 4. The van der Waals surface area contributed by atoms with E-state index in [1.54, 1.807) is 33.8 Å². The lowest BCUT2D eigenvalue weighted by Crippen LogP contribution is -2.79. The number of hydrogen-bond donors (Lipinski definition) is 3. The van der Waals surface area contributed by atoms with Crippen LogP contribution in [0, 0.1) is 34.0 Å². The third-order valence-electron chi connectivity index (χ3n) is 14.7. The van der Waals surface area contributed by atoms with Gasteiger partial charge in [0.05, 0.1) is 45.7 Å². The number of epoxide rings is 1. The maximum absolute atomic E-state index is 14.2. The number of fused-ring (bicyclic) bond motifs is 7. The molecular formula is C36H48O17. The van der Waals surface area contributed by atoms with Crippen LogP contribution in [-0.2, 0) is 66.5 Å². The summed E-state index contributed by atoms with van der Waals surface area (Å²) in [7, 11) is 3.69. The lowest BCUT2D eigenvalue weighted by Gasteiger charge is -2.65. The standard InChI is InChI=1S/C36H48O17/c1-9-15(2)25(39)50-18-11-19(49-16(3)37)33(27(40)45-7)13-47-22-23(33)32(18)14-48-35(43,28(41)46-8)26(32)30(4,24(22)38)36-20-10-17(31(36,5)53-36)34(42)12-21(44-6)52-29(34)51-20/h9,17-24,26,29,38,42-43H,10-14H2,1-8H3/b15-9+/t17-,18+,19-,20+,21+,22-,23-,24-,26+,29-,30-,31+,32-,33+,34+,35-,36-/m1/s1. The first-order valence-electron chi connectivity index (χ1n) is 18.0. The largest absolute Gasteiger partial charge is 0.468 e. The van der Waals surface area contributed by atoms with Gasteiger partial charge in [0.25, 0.3) is 5.79 Å². The van der Waals surface area contributed by atoms with Crippen molar-refractivity contribution in [2.45, 2.75) is 120 Å². The van der Waals surface area contributed by atoms with Gasteiger partial charge >= 0.3 is 23.9 Å². The second kappa shape index (κ2) is 11.4. The van der Waals surface area contributed by atoms with Gasteiger partial charge in [0.2, 0.25) is 0 Å². The fourth-order valence-electron chi connectivity index (χ4n) is 12.7. The Balaban J connectivity index is 1.38. The lowest BCUT2D eigenvalue weighted by atomic mass is 9.37. The number of ether oxygens (including phenoxy) is 10. The minimum atomic E-state index is -2.84. The van der Waals surface area contributed by atoms with Crippen LogP contribution in [0.15, 0.2) is 11.6 Å². The van der Waals surface area contributed by atoms with E-state index in [0.29, 0.717) is 0 Å². The van der Waals surface area contributed by atoms with Gasteiger partial charge in [0, 0.05) is 61.0 Å². The molecule has 8 fully saturated rings. The number of allylic oxidation sites excluding steroid dienone is 1. The van der Waals surface area contributed by atoms with E-state index >= 15 is 0 Å². The third-order valence-corrected chi connectivity index (χ3v) is 14.7. The van der Waals surface area contributed by atoms with Crippen molar-refractivity contribution in [2.75, 3.05) is 34.5 Å². The topological polar surface area (TPSA) is 225 Å². The first-order valence-corrected chi connectivity index (χ1v) is 18.0. The summed E-state index contributed by atoms with van der Waals surface area (Å²) in [6.45, 7) is 6.88. The molecule has 0 radical (unpaired) electrons. The summed E-state index contributed by atoms with van der Waals surface area (Å²) in [6, 6.07) is 0. The SMILES string of the molecule is C/C=C(\C)C(=O)O[C@H]1C[C@@H](OC(C)=O)[C@@]2(C(=O)OC)CO[C@H]3[C@@H](O)[C@@](C)([C@@]45O[C@@]4(C)[C@H]4C[C@@H]5O[C@@H]5O[C@H](OC)C[C@@]54O)[C@H]4[C@@]1(CO[C@@]4(O)C(=O)OC)[C@@H]32. The molecule has 53 heavy (non-hydrogen) atoms. The van der Waals surface area contributed by atoms with Crippen molar-refractivity contribution in [3.05, 3.63) is 11.6 Å². The second-order valence-electron chi connectivity index (χ2n) is 16.4. The van der Waals surface area contributed by atoms with Gasteiger partial charge in [-0.3, -0.25) is 9.59 Å². The summed E-state index contributed by atoms with van der Waals surface area (Å²) in [5.41, 5.74) is -9.52. The molecule has 3 aliphatic carbocycles. The first kappa shape index (κ1) is 37.2. The number of aliphatic hydroxyl groups is 3. The zero-order chi connectivity index (χ0) is 38.5. The highest BCUT2D eigenvalue weighted by Gasteiger charge is 2.97. The Morgan fingerprint density at radius 2 is 1.60 bits per heavy atom. The molecular weight excluding hydrogens is 704 g/mol. The molecule has 0 aromatic rings. The van der Waals surface area contributed by atoms with Gasteiger partial charge in [0.15, 0.2) is 12.6 Å². The average Bonchev–Trinajstić information content (AvgIpc) is 3.47. The molecule has 17 heteroatoms. The molecule has 0 amide bonds.